The lowest BCUT2D eigenvalue weighted by molar-refractivity contribution is -0.143. The molecule has 0 aliphatic carbocycles. The van der Waals surface area contributed by atoms with Crippen LogP contribution in [0.5, 0.6) is 0 Å². The Morgan fingerprint density at radius 2 is 0.562 bits per heavy atom. The van der Waals surface area contributed by atoms with Gasteiger partial charge in [-0.15, -0.1) is 0 Å². The Labute approximate surface area is 457 Å². The van der Waals surface area contributed by atoms with Crippen molar-refractivity contribution in [1.29, 1.82) is 0 Å². The third-order valence-corrected chi connectivity index (χ3v) is 16.2. The van der Waals surface area contributed by atoms with Crippen LogP contribution in [0.4, 0.5) is 0 Å². The molecule has 0 radical (unpaired) electrons. The minimum Gasteiger partial charge on any atom is -0.466 e. The number of esters is 1. The highest BCUT2D eigenvalue weighted by molar-refractivity contribution is 5.76. The predicted molar refractivity (Wildman–Crippen MR) is 320 cm³/mol. The normalized spacial score (nSPS) is 12.4. The topological polar surface area (TPSA) is 95.9 Å². The fourth-order valence-electron chi connectivity index (χ4n) is 11.0. The zero-order chi connectivity index (χ0) is 52.9. The fraction of sp³-hybridized carbons (Fsp3) is 0.970. The standard InChI is InChI=1S/C67H133NO5/c1-3-5-7-9-11-13-15-17-18-19-20-21-24-27-30-33-36-39-43-47-51-55-59-65(70)64(63-69)68-66(71)60-56-52-48-44-40-37-34-31-28-25-22-23-26-29-32-35-38-42-46-50-54-58-62-73-67(72)61-57-53-49-45-41-16-14-12-10-8-6-4-2/h64-65,69-70H,3-63H2,1-2H3,(H,68,71). The molecule has 2 unspecified atom stereocenters. The van der Waals surface area contributed by atoms with Gasteiger partial charge in [0.25, 0.3) is 0 Å². The molecule has 0 saturated heterocycles. The van der Waals surface area contributed by atoms with Crippen LogP contribution in [0, 0.1) is 0 Å². The van der Waals surface area contributed by atoms with E-state index in [-0.39, 0.29) is 18.5 Å². The summed E-state index contributed by atoms with van der Waals surface area (Å²) in [6.45, 7) is 4.99. The van der Waals surface area contributed by atoms with Gasteiger partial charge < -0.3 is 20.3 Å². The van der Waals surface area contributed by atoms with Crippen molar-refractivity contribution in [2.24, 2.45) is 0 Å². The van der Waals surface area contributed by atoms with Crippen molar-refractivity contribution < 1.29 is 24.5 Å². The van der Waals surface area contributed by atoms with E-state index in [1.807, 2.05) is 0 Å². The second-order valence-corrected chi connectivity index (χ2v) is 23.5. The monoisotopic (exact) mass is 1030 g/mol. The molecule has 436 valence electrons. The molecule has 0 bridgehead atoms. The number of aliphatic hydroxyl groups is 2. The van der Waals surface area contributed by atoms with Gasteiger partial charge in [0.05, 0.1) is 25.4 Å². The number of hydrogen-bond acceptors (Lipinski definition) is 5. The first-order valence-electron chi connectivity index (χ1n) is 33.8. The molecular formula is C67H133NO5. The van der Waals surface area contributed by atoms with Gasteiger partial charge in [-0.1, -0.05) is 354 Å². The summed E-state index contributed by atoms with van der Waals surface area (Å²) < 4.78 is 5.48. The number of rotatable bonds is 64. The average molecular weight is 1030 g/mol. The summed E-state index contributed by atoms with van der Waals surface area (Å²) in [5, 5.41) is 23.4. The highest BCUT2D eigenvalue weighted by Crippen LogP contribution is 2.19. The number of hydrogen-bond donors (Lipinski definition) is 3. The summed E-state index contributed by atoms with van der Waals surface area (Å²) in [5.41, 5.74) is 0. The minimum absolute atomic E-state index is 0.0154. The van der Waals surface area contributed by atoms with Crippen molar-refractivity contribution in [1.82, 2.24) is 5.32 Å². The van der Waals surface area contributed by atoms with Crippen molar-refractivity contribution >= 4 is 11.9 Å². The van der Waals surface area contributed by atoms with E-state index in [1.165, 1.54) is 321 Å². The Morgan fingerprint density at radius 3 is 0.836 bits per heavy atom. The fourth-order valence-corrected chi connectivity index (χ4v) is 11.0. The van der Waals surface area contributed by atoms with Gasteiger partial charge in [0, 0.05) is 12.8 Å². The minimum atomic E-state index is -0.664. The maximum Gasteiger partial charge on any atom is 0.305 e. The van der Waals surface area contributed by atoms with E-state index < -0.39 is 12.1 Å². The molecule has 2 atom stereocenters. The van der Waals surface area contributed by atoms with E-state index in [2.05, 4.69) is 19.2 Å². The Kier molecular flexibility index (Phi) is 62.4. The molecule has 0 aromatic carbocycles. The van der Waals surface area contributed by atoms with Crippen molar-refractivity contribution in [3.63, 3.8) is 0 Å². The molecular weight excluding hydrogens is 899 g/mol. The van der Waals surface area contributed by atoms with Crippen LogP contribution in [-0.2, 0) is 14.3 Å². The molecule has 3 N–H and O–H groups in total. The maximum absolute atomic E-state index is 12.5. The zero-order valence-corrected chi connectivity index (χ0v) is 49.9. The zero-order valence-electron chi connectivity index (χ0n) is 49.9. The largest absolute Gasteiger partial charge is 0.466 e. The summed E-state index contributed by atoms with van der Waals surface area (Å²) in [5.74, 6) is -0.0144. The van der Waals surface area contributed by atoms with Crippen LogP contribution >= 0.6 is 0 Å². The lowest BCUT2D eigenvalue weighted by atomic mass is 10.0. The van der Waals surface area contributed by atoms with Gasteiger partial charge in [-0.25, -0.2) is 0 Å². The molecule has 0 heterocycles. The van der Waals surface area contributed by atoms with E-state index in [0.717, 1.165) is 38.5 Å². The van der Waals surface area contributed by atoms with Gasteiger partial charge in [-0.05, 0) is 25.7 Å². The van der Waals surface area contributed by atoms with E-state index in [4.69, 9.17) is 4.74 Å². The number of amides is 1. The summed E-state index contributed by atoms with van der Waals surface area (Å²) in [6.07, 6.45) is 75.6. The van der Waals surface area contributed by atoms with Crippen molar-refractivity contribution in [3.05, 3.63) is 0 Å². The Balaban J connectivity index is 3.37. The lowest BCUT2D eigenvalue weighted by Crippen LogP contribution is -2.45. The second-order valence-electron chi connectivity index (χ2n) is 23.5. The van der Waals surface area contributed by atoms with Crippen LogP contribution in [0.2, 0.25) is 0 Å². The van der Waals surface area contributed by atoms with E-state index in [9.17, 15) is 19.8 Å². The smallest absolute Gasteiger partial charge is 0.305 e. The van der Waals surface area contributed by atoms with Crippen molar-refractivity contribution in [2.75, 3.05) is 13.2 Å². The van der Waals surface area contributed by atoms with E-state index in [0.29, 0.717) is 25.9 Å². The van der Waals surface area contributed by atoms with Crippen LogP contribution < -0.4 is 5.32 Å². The van der Waals surface area contributed by atoms with Crippen molar-refractivity contribution in [2.45, 2.75) is 405 Å². The first kappa shape index (κ1) is 71.9. The Hall–Kier alpha value is -1.14. The average Bonchev–Trinajstić information content (AvgIpc) is 3.39. The van der Waals surface area contributed by atoms with E-state index in [1.54, 1.807) is 0 Å². The van der Waals surface area contributed by atoms with Crippen LogP contribution in [0.15, 0.2) is 0 Å². The molecule has 0 rings (SSSR count). The number of aliphatic hydroxyl groups excluding tert-OH is 2. The van der Waals surface area contributed by atoms with Gasteiger partial charge in [-0.2, -0.15) is 0 Å². The molecule has 0 aromatic heterocycles. The quantitative estimate of drug-likeness (QED) is 0.0417. The highest BCUT2D eigenvalue weighted by Gasteiger charge is 2.20. The molecule has 0 aliphatic rings. The number of carbonyl (C=O) groups excluding carboxylic acids is 2. The molecule has 1 amide bonds. The van der Waals surface area contributed by atoms with Crippen LogP contribution in [0.1, 0.15) is 393 Å². The molecule has 0 aliphatic heterocycles. The Bertz CT molecular complexity index is 1050. The van der Waals surface area contributed by atoms with Gasteiger partial charge in [-0.3, -0.25) is 9.59 Å². The van der Waals surface area contributed by atoms with E-state index >= 15 is 0 Å². The second kappa shape index (κ2) is 63.4. The van der Waals surface area contributed by atoms with Gasteiger partial charge in [0.1, 0.15) is 0 Å². The summed E-state index contributed by atoms with van der Waals surface area (Å²) >= 11 is 0. The summed E-state index contributed by atoms with van der Waals surface area (Å²) in [6, 6.07) is -0.541. The molecule has 0 aromatic rings. The molecule has 0 spiro atoms. The Morgan fingerprint density at radius 1 is 0.329 bits per heavy atom. The molecule has 0 saturated carbocycles. The SMILES string of the molecule is CCCCCCCCCCCCCCCCCCCCCCCCC(O)C(CO)NC(=O)CCCCCCCCCCCCCCCCCCCCCCCCOC(=O)CCCCCCCCCCCCCC. The first-order chi connectivity index (χ1) is 36.0. The molecule has 6 heteroatoms. The molecule has 0 fully saturated rings. The lowest BCUT2D eigenvalue weighted by Gasteiger charge is -2.22. The number of unbranched alkanes of at least 4 members (excludes halogenated alkanes) is 53. The molecule has 73 heavy (non-hydrogen) atoms. The van der Waals surface area contributed by atoms with Crippen LogP contribution in [-0.4, -0.2) is 47.4 Å². The number of carbonyl (C=O) groups is 2. The summed E-state index contributed by atoms with van der Waals surface area (Å²) in [4.78, 5) is 24.6. The van der Waals surface area contributed by atoms with Crippen LogP contribution in [0.3, 0.4) is 0 Å². The third-order valence-electron chi connectivity index (χ3n) is 16.2. The summed E-state index contributed by atoms with van der Waals surface area (Å²) in [7, 11) is 0. The highest BCUT2D eigenvalue weighted by atomic mass is 16.5. The third kappa shape index (κ3) is 60.0. The van der Waals surface area contributed by atoms with Gasteiger partial charge >= 0.3 is 5.97 Å². The predicted octanol–water partition coefficient (Wildman–Crippen LogP) is 21.4. The van der Waals surface area contributed by atoms with Gasteiger partial charge in [0.15, 0.2) is 0 Å². The van der Waals surface area contributed by atoms with Crippen molar-refractivity contribution in [3.8, 4) is 0 Å². The van der Waals surface area contributed by atoms with Crippen LogP contribution in [0.25, 0.3) is 0 Å². The maximum atomic E-state index is 12.5. The number of ether oxygens (including phenoxy) is 1. The molecule has 6 nitrogen and oxygen atoms in total. The van der Waals surface area contributed by atoms with Gasteiger partial charge in [0.2, 0.25) is 5.91 Å². The first-order valence-corrected chi connectivity index (χ1v) is 33.8. The number of nitrogens with one attached hydrogen (secondary N) is 1.